The Labute approximate surface area is 162 Å². The third-order valence-electron chi connectivity index (χ3n) is 5.28. The number of carbonyl (C=O) groups is 2. The monoisotopic (exact) mass is 383 g/mol. The van der Waals surface area contributed by atoms with Crippen molar-refractivity contribution < 1.29 is 14.0 Å². The second-order valence-corrected chi connectivity index (χ2v) is 7.54. The molecule has 0 saturated heterocycles. The molecule has 0 N–H and O–H groups in total. The molecule has 1 amide bonds. The Morgan fingerprint density at radius 2 is 1.93 bits per heavy atom. The minimum atomic E-state index is -0.531. The van der Waals surface area contributed by atoms with Gasteiger partial charge in [-0.3, -0.25) is 14.5 Å². The van der Waals surface area contributed by atoms with Crippen LogP contribution in [0, 0.1) is 12.7 Å². The summed E-state index contributed by atoms with van der Waals surface area (Å²) in [5, 5.41) is -0.0367. The fourth-order valence-corrected chi connectivity index (χ4v) is 4.26. The third kappa shape index (κ3) is 3.19. The van der Waals surface area contributed by atoms with Gasteiger partial charge in [0.05, 0.1) is 10.7 Å². The van der Waals surface area contributed by atoms with E-state index in [1.54, 1.807) is 4.90 Å². The normalized spacial score (nSPS) is 20.1. The van der Waals surface area contributed by atoms with Crippen LogP contribution in [0.1, 0.15) is 42.7 Å². The molecule has 0 spiro atoms. The lowest BCUT2D eigenvalue weighted by molar-refractivity contribution is -0.119. The first-order valence-electron chi connectivity index (χ1n) is 9.06. The van der Waals surface area contributed by atoms with E-state index in [1.165, 1.54) is 18.2 Å². The fraction of sp³-hybridized carbons (Fsp3) is 0.273. The first-order chi connectivity index (χ1) is 13.0. The molecule has 3 nitrogen and oxygen atoms in total. The summed E-state index contributed by atoms with van der Waals surface area (Å²) < 4.78 is 13.6. The van der Waals surface area contributed by atoms with Crippen molar-refractivity contribution in [3.63, 3.8) is 0 Å². The number of allylic oxidation sites excluding steroid dienone is 2. The predicted molar refractivity (Wildman–Crippen MR) is 103 cm³/mol. The number of nitrogens with zero attached hydrogens (tertiary/aromatic N) is 1. The highest BCUT2D eigenvalue weighted by molar-refractivity contribution is 6.31. The molecule has 138 valence electrons. The largest absolute Gasteiger partial charge is 0.294 e. The average molecular weight is 384 g/mol. The van der Waals surface area contributed by atoms with Gasteiger partial charge in [0.25, 0.3) is 0 Å². The number of aryl methyl sites for hydroxylation is 1. The molecule has 1 aliphatic heterocycles. The van der Waals surface area contributed by atoms with Crippen LogP contribution in [0.3, 0.4) is 0 Å². The van der Waals surface area contributed by atoms with Gasteiger partial charge < -0.3 is 0 Å². The van der Waals surface area contributed by atoms with Gasteiger partial charge in [-0.2, -0.15) is 0 Å². The highest BCUT2D eigenvalue weighted by Gasteiger charge is 2.39. The molecule has 1 unspecified atom stereocenters. The van der Waals surface area contributed by atoms with Gasteiger partial charge in [0.2, 0.25) is 5.91 Å². The first kappa shape index (κ1) is 17.9. The molecule has 5 heteroatoms. The number of amides is 1. The summed E-state index contributed by atoms with van der Waals surface area (Å²) in [6, 6.07) is 12.2. The van der Waals surface area contributed by atoms with E-state index in [2.05, 4.69) is 0 Å². The number of carbonyl (C=O) groups excluding carboxylic acids is 2. The fourth-order valence-electron chi connectivity index (χ4n) is 4.09. The second-order valence-electron chi connectivity index (χ2n) is 7.14. The average Bonchev–Trinajstić information content (AvgIpc) is 2.64. The molecule has 0 aromatic heterocycles. The Morgan fingerprint density at radius 3 is 2.67 bits per heavy atom. The Balaban J connectivity index is 1.87. The van der Waals surface area contributed by atoms with Gasteiger partial charge in [-0.25, -0.2) is 4.39 Å². The number of Topliss-reactive ketones (excluding diaryl/α,β-unsaturated/α-hetero) is 1. The topological polar surface area (TPSA) is 37.4 Å². The van der Waals surface area contributed by atoms with Crippen LogP contribution in [0.5, 0.6) is 0 Å². The Kier molecular flexibility index (Phi) is 4.60. The maximum absolute atomic E-state index is 13.6. The lowest BCUT2D eigenvalue weighted by Gasteiger charge is -2.38. The van der Waals surface area contributed by atoms with E-state index in [0.717, 1.165) is 16.8 Å². The summed E-state index contributed by atoms with van der Waals surface area (Å²) >= 11 is 5.93. The van der Waals surface area contributed by atoms with E-state index < -0.39 is 5.82 Å². The molecule has 0 radical (unpaired) electrons. The molecular formula is C22H19ClFNO2. The van der Waals surface area contributed by atoms with E-state index in [9.17, 15) is 14.0 Å². The highest BCUT2D eigenvalue weighted by atomic mass is 35.5. The number of benzene rings is 2. The zero-order chi connectivity index (χ0) is 19.1. The zero-order valence-electron chi connectivity index (χ0n) is 15.0. The molecule has 2 aliphatic rings. The lowest BCUT2D eigenvalue weighted by atomic mass is 9.77. The van der Waals surface area contributed by atoms with Gasteiger partial charge in [-0.1, -0.05) is 41.4 Å². The van der Waals surface area contributed by atoms with Crippen molar-refractivity contribution in [2.75, 3.05) is 4.90 Å². The van der Waals surface area contributed by atoms with Crippen molar-refractivity contribution >= 4 is 29.0 Å². The zero-order valence-corrected chi connectivity index (χ0v) is 15.7. The Hall–Kier alpha value is -2.46. The minimum Gasteiger partial charge on any atom is -0.294 e. The maximum atomic E-state index is 13.6. The van der Waals surface area contributed by atoms with Crippen molar-refractivity contribution in [2.24, 2.45) is 0 Å². The molecule has 4 rings (SSSR count). The summed E-state index contributed by atoms with van der Waals surface area (Å²) in [6.07, 6.45) is 2.05. The molecule has 2 aromatic rings. The van der Waals surface area contributed by atoms with E-state index in [1.807, 2.05) is 31.2 Å². The number of hydrogen-bond acceptors (Lipinski definition) is 2. The van der Waals surface area contributed by atoms with Crippen LogP contribution in [-0.4, -0.2) is 11.7 Å². The van der Waals surface area contributed by atoms with Crippen LogP contribution in [0.15, 0.2) is 53.7 Å². The SMILES string of the molecule is Cc1cccc(C2CC(=O)N(c3ccc(F)c(Cl)c3)C3=C2C(=O)CCC3)c1. The van der Waals surface area contributed by atoms with Crippen LogP contribution < -0.4 is 4.90 Å². The van der Waals surface area contributed by atoms with E-state index in [0.29, 0.717) is 30.5 Å². The van der Waals surface area contributed by atoms with E-state index in [4.69, 9.17) is 11.6 Å². The van der Waals surface area contributed by atoms with Crippen LogP contribution in [0.4, 0.5) is 10.1 Å². The van der Waals surface area contributed by atoms with Gasteiger partial charge >= 0.3 is 0 Å². The first-order valence-corrected chi connectivity index (χ1v) is 9.44. The maximum Gasteiger partial charge on any atom is 0.232 e. The molecule has 2 aromatic carbocycles. The summed E-state index contributed by atoms with van der Waals surface area (Å²) in [5.74, 6) is -0.769. The van der Waals surface area contributed by atoms with Gasteiger partial charge in [0, 0.05) is 30.0 Å². The van der Waals surface area contributed by atoms with Gasteiger partial charge in [-0.15, -0.1) is 0 Å². The number of rotatable bonds is 2. The van der Waals surface area contributed by atoms with Gasteiger partial charge in [0.1, 0.15) is 5.82 Å². The van der Waals surface area contributed by atoms with Crippen LogP contribution >= 0.6 is 11.6 Å². The minimum absolute atomic E-state index is 0.0367. The molecule has 1 atom stereocenters. The van der Waals surface area contributed by atoms with Crippen molar-refractivity contribution in [3.8, 4) is 0 Å². The quantitative estimate of drug-likeness (QED) is 0.704. The second kappa shape index (κ2) is 6.93. The molecule has 0 saturated carbocycles. The summed E-state index contributed by atoms with van der Waals surface area (Å²) in [4.78, 5) is 27.4. The van der Waals surface area contributed by atoms with Crippen LogP contribution in [0.2, 0.25) is 5.02 Å². The smallest absolute Gasteiger partial charge is 0.232 e. The molecular weight excluding hydrogens is 365 g/mol. The van der Waals surface area contributed by atoms with Crippen molar-refractivity contribution in [2.45, 2.75) is 38.5 Å². The molecule has 27 heavy (non-hydrogen) atoms. The van der Waals surface area contributed by atoms with Crippen molar-refractivity contribution in [1.29, 1.82) is 0 Å². The lowest BCUT2D eigenvalue weighted by Crippen LogP contribution is -2.40. The van der Waals surface area contributed by atoms with Crippen molar-refractivity contribution in [3.05, 3.63) is 75.7 Å². The Morgan fingerprint density at radius 1 is 1.11 bits per heavy atom. The Bertz CT molecular complexity index is 982. The van der Waals surface area contributed by atoms with Gasteiger partial charge in [0.15, 0.2) is 5.78 Å². The van der Waals surface area contributed by atoms with E-state index >= 15 is 0 Å². The highest BCUT2D eigenvalue weighted by Crippen LogP contribution is 2.43. The molecule has 1 heterocycles. The summed E-state index contributed by atoms with van der Waals surface area (Å²) in [5.41, 5.74) is 4.04. The third-order valence-corrected chi connectivity index (χ3v) is 5.57. The predicted octanol–water partition coefficient (Wildman–Crippen LogP) is 5.32. The number of hydrogen-bond donors (Lipinski definition) is 0. The molecule has 1 aliphatic carbocycles. The van der Waals surface area contributed by atoms with E-state index in [-0.39, 0.29) is 29.1 Å². The number of anilines is 1. The molecule has 0 bridgehead atoms. The summed E-state index contributed by atoms with van der Waals surface area (Å²) in [7, 11) is 0. The number of halogens is 2. The molecule has 0 fully saturated rings. The summed E-state index contributed by atoms with van der Waals surface area (Å²) in [6.45, 7) is 2.00. The van der Waals surface area contributed by atoms with Crippen LogP contribution in [0.25, 0.3) is 0 Å². The van der Waals surface area contributed by atoms with Crippen LogP contribution in [-0.2, 0) is 9.59 Å². The number of ketones is 1. The standard InChI is InChI=1S/C22H19ClFNO2/c1-13-4-2-5-14(10-13)16-12-21(27)25(15-8-9-18(24)17(23)11-15)19-6-3-7-20(26)22(16)19/h2,4-5,8-11,16H,3,6-7,12H2,1H3. The van der Waals surface area contributed by atoms with Gasteiger partial charge in [-0.05, 0) is 43.5 Å². The van der Waals surface area contributed by atoms with Crippen molar-refractivity contribution in [1.82, 2.24) is 0 Å².